The van der Waals surface area contributed by atoms with Crippen molar-refractivity contribution in [1.82, 2.24) is 4.98 Å². The highest BCUT2D eigenvalue weighted by Gasteiger charge is 2.07. The lowest BCUT2D eigenvalue weighted by Crippen LogP contribution is -2.25. The first-order valence-electron chi connectivity index (χ1n) is 4.69. The smallest absolute Gasteiger partial charge is 0.141 e. The van der Waals surface area contributed by atoms with Crippen molar-refractivity contribution in [3.8, 4) is 0 Å². The maximum Gasteiger partial charge on any atom is 0.141 e. The largest absolute Gasteiger partial charge is 0.383 e. The summed E-state index contributed by atoms with van der Waals surface area (Å²) in [6.45, 7) is 0.547. The molecule has 0 aromatic carbocycles. The Morgan fingerprint density at radius 2 is 2.40 bits per heavy atom. The molecule has 0 aliphatic carbocycles. The number of ether oxygens (including phenoxy) is 1. The van der Waals surface area contributed by atoms with Crippen LogP contribution in [0.2, 0.25) is 0 Å². The van der Waals surface area contributed by atoms with E-state index in [9.17, 15) is 4.39 Å². The molecule has 84 valence electrons. The lowest BCUT2D eigenvalue weighted by molar-refractivity contribution is 0.184. The molecule has 1 aromatic heterocycles. The van der Waals surface area contributed by atoms with Crippen molar-refractivity contribution in [2.75, 3.05) is 24.9 Å². The molecule has 1 unspecified atom stereocenters. The van der Waals surface area contributed by atoms with E-state index in [1.54, 1.807) is 13.2 Å². The van der Waals surface area contributed by atoms with Crippen LogP contribution in [0.1, 0.15) is 6.42 Å². The topological polar surface area (TPSA) is 34.1 Å². The molecular weight excluding hydrogens is 219 g/mol. The summed E-state index contributed by atoms with van der Waals surface area (Å²) in [5.74, 6) is 0.826. The Morgan fingerprint density at radius 3 is 2.93 bits per heavy atom. The fourth-order valence-corrected chi connectivity index (χ4v) is 1.46. The second kappa shape index (κ2) is 6.58. The number of halogens is 2. The van der Waals surface area contributed by atoms with Gasteiger partial charge in [0.2, 0.25) is 0 Å². The summed E-state index contributed by atoms with van der Waals surface area (Å²) in [6.07, 6.45) is 1.95. The van der Waals surface area contributed by atoms with Gasteiger partial charge in [0.05, 0.1) is 18.8 Å². The van der Waals surface area contributed by atoms with Gasteiger partial charge in [0, 0.05) is 13.0 Å². The number of hydrogen-bond acceptors (Lipinski definition) is 3. The van der Waals surface area contributed by atoms with Crippen molar-refractivity contribution >= 4 is 17.4 Å². The highest BCUT2D eigenvalue weighted by Crippen LogP contribution is 2.08. The number of nitrogens with one attached hydrogen (secondary N) is 1. The van der Waals surface area contributed by atoms with Gasteiger partial charge in [-0.3, -0.25) is 0 Å². The summed E-state index contributed by atoms with van der Waals surface area (Å²) in [6, 6.07) is 3.05. The molecule has 0 amide bonds. The Bertz CT molecular complexity index is 275. The van der Waals surface area contributed by atoms with Crippen molar-refractivity contribution in [1.29, 1.82) is 0 Å². The van der Waals surface area contributed by atoms with E-state index in [2.05, 4.69) is 10.3 Å². The van der Waals surface area contributed by atoms with Gasteiger partial charge in [-0.05, 0) is 18.6 Å². The van der Waals surface area contributed by atoms with Crippen molar-refractivity contribution < 1.29 is 9.13 Å². The monoisotopic (exact) mass is 232 g/mol. The first kappa shape index (κ1) is 12.2. The van der Waals surface area contributed by atoms with Crippen LogP contribution in [0.25, 0.3) is 0 Å². The summed E-state index contributed by atoms with van der Waals surface area (Å²) in [7, 11) is 1.63. The number of aromatic nitrogens is 1. The van der Waals surface area contributed by atoms with Gasteiger partial charge in [0.25, 0.3) is 0 Å². The minimum atomic E-state index is -0.346. The Morgan fingerprint density at radius 1 is 1.60 bits per heavy atom. The molecule has 1 aromatic rings. The first-order chi connectivity index (χ1) is 7.26. The third-order valence-corrected chi connectivity index (χ3v) is 2.12. The number of alkyl halides is 1. The number of pyridine rings is 1. The van der Waals surface area contributed by atoms with Crippen LogP contribution >= 0.6 is 11.6 Å². The van der Waals surface area contributed by atoms with Crippen LogP contribution in [0.5, 0.6) is 0 Å². The quantitative estimate of drug-likeness (QED) is 0.765. The molecule has 0 saturated carbocycles. The lowest BCUT2D eigenvalue weighted by atomic mass is 10.2. The zero-order chi connectivity index (χ0) is 11.1. The molecule has 0 bridgehead atoms. The van der Waals surface area contributed by atoms with E-state index < -0.39 is 0 Å². The third kappa shape index (κ3) is 4.44. The van der Waals surface area contributed by atoms with Crippen LogP contribution in [0.3, 0.4) is 0 Å². The maximum absolute atomic E-state index is 12.6. The Balaban J connectivity index is 2.53. The zero-order valence-electron chi connectivity index (χ0n) is 8.54. The predicted octanol–water partition coefficient (Wildman–Crippen LogP) is 2.28. The van der Waals surface area contributed by atoms with E-state index >= 15 is 0 Å². The molecule has 1 rings (SSSR count). The third-order valence-electron chi connectivity index (χ3n) is 1.90. The van der Waals surface area contributed by atoms with Crippen LogP contribution < -0.4 is 5.32 Å². The molecular formula is C10H14ClFN2O. The van der Waals surface area contributed by atoms with E-state index in [1.165, 1.54) is 12.3 Å². The number of nitrogens with zero attached hydrogens (tertiary/aromatic N) is 1. The molecule has 0 aliphatic heterocycles. The lowest BCUT2D eigenvalue weighted by Gasteiger charge is -2.16. The molecule has 0 fully saturated rings. The number of anilines is 1. The molecule has 1 heterocycles. The summed E-state index contributed by atoms with van der Waals surface area (Å²) in [5, 5.41) is 3.12. The minimum Gasteiger partial charge on any atom is -0.383 e. The van der Waals surface area contributed by atoms with E-state index in [4.69, 9.17) is 16.3 Å². The van der Waals surface area contributed by atoms with E-state index in [0.717, 1.165) is 6.42 Å². The van der Waals surface area contributed by atoms with E-state index in [0.29, 0.717) is 18.3 Å². The highest BCUT2D eigenvalue weighted by atomic mass is 35.5. The molecule has 15 heavy (non-hydrogen) atoms. The van der Waals surface area contributed by atoms with Crippen LogP contribution in [0.4, 0.5) is 10.2 Å². The SMILES string of the molecule is COCC(CCCl)Nc1ccc(F)cn1. The van der Waals surface area contributed by atoms with Crippen LogP contribution in [0.15, 0.2) is 18.3 Å². The number of methoxy groups -OCH3 is 1. The van der Waals surface area contributed by atoms with E-state index in [-0.39, 0.29) is 11.9 Å². The van der Waals surface area contributed by atoms with Gasteiger partial charge < -0.3 is 10.1 Å². The fraction of sp³-hybridized carbons (Fsp3) is 0.500. The summed E-state index contributed by atoms with van der Waals surface area (Å²) >= 11 is 5.65. The van der Waals surface area contributed by atoms with Crippen LogP contribution in [-0.4, -0.2) is 30.6 Å². The Kier molecular flexibility index (Phi) is 5.36. The number of hydrogen-bond donors (Lipinski definition) is 1. The summed E-state index contributed by atoms with van der Waals surface area (Å²) in [4.78, 5) is 3.90. The van der Waals surface area contributed by atoms with Gasteiger partial charge in [-0.25, -0.2) is 9.37 Å². The first-order valence-corrected chi connectivity index (χ1v) is 5.22. The van der Waals surface area contributed by atoms with Gasteiger partial charge >= 0.3 is 0 Å². The molecule has 3 nitrogen and oxygen atoms in total. The summed E-state index contributed by atoms with van der Waals surface area (Å²) < 4.78 is 17.6. The van der Waals surface area contributed by atoms with Crippen molar-refractivity contribution in [3.05, 3.63) is 24.1 Å². The molecule has 5 heteroatoms. The standard InChI is InChI=1S/C10H14ClFN2O/c1-15-7-9(4-5-11)14-10-3-2-8(12)6-13-10/h2-3,6,9H,4-5,7H2,1H3,(H,13,14). The zero-order valence-corrected chi connectivity index (χ0v) is 9.30. The second-order valence-electron chi connectivity index (χ2n) is 3.14. The van der Waals surface area contributed by atoms with Gasteiger partial charge in [-0.1, -0.05) is 0 Å². The van der Waals surface area contributed by atoms with Crippen LogP contribution in [-0.2, 0) is 4.74 Å². The number of rotatable bonds is 6. The normalized spacial score (nSPS) is 12.5. The van der Waals surface area contributed by atoms with Gasteiger partial charge in [-0.2, -0.15) is 0 Å². The molecule has 0 radical (unpaired) electrons. The van der Waals surface area contributed by atoms with Gasteiger partial charge in [-0.15, -0.1) is 11.6 Å². The average molecular weight is 233 g/mol. The van der Waals surface area contributed by atoms with Crippen LogP contribution in [0, 0.1) is 5.82 Å². The molecule has 0 spiro atoms. The highest BCUT2D eigenvalue weighted by molar-refractivity contribution is 6.17. The van der Waals surface area contributed by atoms with Crippen molar-refractivity contribution in [2.24, 2.45) is 0 Å². The summed E-state index contributed by atoms with van der Waals surface area (Å²) in [5.41, 5.74) is 0. The Labute approximate surface area is 93.6 Å². The van der Waals surface area contributed by atoms with Crippen molar-refractivity contribution in [2.45, 2.75) is 12.5 Å². The van der Waals surface area contributed by atoms with Gasteiger partial charge in [0.15, 0.2) is 0 Å². The van der Waals surface area contributed by atoms with Gasteiger partial charge in [0.1, 0.15) is 11.6 Å². The maximum atomic E-state index is 12.6. The fourth-order valence-electron chi connectivity index (χ4n) is 1.20. The average Bonchev–Trinajstić information content (AvgIpc) is 2.22. The Hall–Kier alpha value is -0.870. The molecule has 1 N–H and O–H groups in total. The van der Waals surface area contributed by atoms with Crippen molar-refractivity contribution in [3.63, 3.8) is 0 Å². The molecule has 0 aliphatic rings. The molecule has 0 saturated heterocycles. The second-order valence-corrected chi connectivity index (χ2v) is 3.51. The molecule has 1 atom stereocenters. The van der Waals surface area contributed by atoms with E-state index in [1.807, 2.05) is 0 Å². The predicted molar refractivity (Wildman–Crippen MR) is 58.8 cm³/mol. The minimum absolute atomic E-state index is 0.102.